The molecule has 1 N–H and O–H groups in total. The minimum atomic E-state index is 0.670. The van der Waals surface area contributed by atoms with Gasteiger partial charge in [-0.25, -0.2) is 0 Å². The van der Waals surface area contributed by atoms with Crippen molar-refractivity contribution < 1.29 is 0 Å². The Morgan fingerprint density at radius 3 is 2.56 bits per heavy atom. The second-order valence-electron chi connectivity index (χ2n) is 5.00. The highest BCUT2D eigenvalue weighted by atomic mass is 15.2. The molecule has 0 saturated carbocycles. The third-order valence-electron chi connectivity index (χ3n) is 3.60. The summed E-state index contributed by atoms with van der Waals surface area (Å²) in [4.78, 5) is 2.39. The maximum atomic E-state index is 3.67. The molecule has 0 amide bonds. The first-order chi connectivity index (χ1) is 7.66. The molecule has 1 atom stereocenters. The van der Waals surface area contributed by atoms with E-state index in [1.54, 1.807) is 0 Å². The van der Waals surface area contributed by atoms with Crippen molar-refractivity contribution in [2.45, 2.75) is 32.9 Å². The molecule has 88 valence electrons. The minimum absolute atomic E-state index is 0.670. The second kappa shape index (κ2) is 4.98. The Labute approximate surface area is 98.7 Å². The third-order valence-corrected chi connectivity index (χ3v) is 3.60. The van der Waals surface area contributed by atoms with Crippen LogP contribution < -0.4 is 5.32 Å². The summed E-state index contributed by atoms with van der Waals surface area (Å²) in [6, 6.07) is 7.21. The molecule has 0 radical (unpaired) electrons. The zero-order chi connectivity index (χ0) is 11.5. The van der Waals surface area contributed by atoms with Crippen LogP contribution in [0.3, 0.4) is 0 Å². The summed E-state index contributed by atoms with van der Waals surface area (Å²) >= 11 is 0. The minimum Gasteiger partial charge on any atom is -0.309 e. The summed E-state index contributed by atoms with van der Waals surface area (Å²) in [5.74, 6) is 0. The highest BCUT2D eigenvalue weighted by Crippen LogP contribution is 2.14. The first-order valence-corrected chi connectivity index (χ1v) is 6.14. The summed E-state index contributed by atoms with van der Waals surface area (Å²) in [5, 5.41) is 3.67. The van der Waals surface area contributed by atoms with Gasteiger partial charge in [0.25, 0.3) is 0 Å². The van der Waals surface area contributed by atoms with E-state index in [1.165, 1.54) is 36.2 Å². The zero-order valence-corrected chi connectivity index (χ0v) is 10.6. The molecule has 0 spiro atoms. The van der Waals surface area contributed by atoms with E-state index in [0.29, 0.717) is 6.04 Å². The molecule has 1 heterocycles. The van der Waals surface area contributed by atoms with E-state index in [4.69, 9.17) is 0 Å². The second-order valence-corrected chi connectivity index (χ2v) is 5.00. The average molecular weight is 218 g/mol. The summed E-state index contributed by atoms with van der Waals surface area (Å²) in [6.07, 6.45) is 1.28. The van der Waals surface area contributed by atoms with Crippen LogP contribution in [0.15, 0.2) is 18.2 Å². The summed E-state index contributed by atoms with van der Waals surface area (Å²) < 4.78 is 0. The van der Waals surface area contributed by atoms with Crippen LogP contribution in [0, 0.1) is 13.8 Å². The van der Waals surface area contributed by atoms with Gasteiger partial charge in [0.1, 0.15) is 0 Å². The molecule has 0 bridgehead atoms. The Kier molecular flexibility index (Phi) is 3.62. The average Bonchev–Trinajstić information content (AvgIpc) is 2.63. The zero-order valence-electron chi connectivity index (χ0n) is 10.6. The highest BCUT2D eigenvalue weighted by Gasteiger charge is 2.18. The Morgan fingerprint density at radius 2 is 2.00 bits per heavy atom. The molecule has 2 nitrogen and oxygen atoms in total. The van der Waals surface area contributed by atoms with Gasteiger partial charge in [0.05, 0.1) is 0 Å². The predicted molar refractivity (Wildman–Crippen MR) is 68.7 cm³/mol. The van der Waals surface area contributed by atoms with E-state index in [1.807, 2.05) is 0 Å². The van der Waals surface area contributed by atoms with Gasteiger partial charge in [-0.15, -0.1) is 0 Å². The lowest BCUT2D eigenvalue weighted by atomic mass is 10.0. The topological polar surface area (TPSA) is 15.3 Å². The van der Waals surface area contributed by atoms with E-state index >= 15 is 0 Å². The number of likely N-dealkylation sites (N-methyl/N-ethyl adjacent to an activating group) is 1. The van der Waals surface area contributed by atoms with Gasteiger partial charge in [-0.05, 0) is 50.6 Å². The Hall–Kier alpha value is -0.860. The number of aryl methyl sites for hydroxylation is 2. The van der Waals surface area contributed by atoms with Crippen molar-refractivity contribution in [2.75, 3.05) is 20.1 Å². The smallest absolute Gasteiger partial charge is 0.0213 e. The van der Waals surface area contributed by atoms with Crippen LogP contribution in [0.1, 0.15) is 23.1 Å². The molecule has 2 heteroatoms. The van der Waals surface area contributed by atoms with Gasteiger partial charge in [-0.3, -0.25) is 0 Å². The Bertz CT molecular complexity index is 340. The first kappa shape index (κ1) is 11.6. The predicted octanol–water partition coefficient (Wildman–Crippen LogP) is 2.10. The molecule has 1 saturated heterocycles. The van der Waals surface area contributed by atoms with Crippen molar-refractivity contribution in [2.24, 2.45) is 0 Å². The van der Waals surface area contributed by atoms with E-state index in [2.05, 4.69) is 49.3 Å². The molecule has 1 unspecified atom stereocenters. The summed E-state index contributed by atoms with van der Waals surface area (Å²) in [5.41, 5.74) is 4.27. The molecular weight excluding hydrogens is 196 g/mol. The number of nitrogens with zero attached hydrogens (tertiary/aromatic N) is 1. The standard InChI is InChI=1S/C14H22N2/c1-11-5-4-6-12(2)14(11)9-15-13-7-8-16(3)10-13/h4-6,13,15H,7-10H2,1-3H3. The van der Waals surface area contributed by atoms with Gasteiger partial charge in [0, 0.05) is 19.1 Å². The van der Waals surface area contributed by atoms with Gasteiger partial charge < -0.3 is 10.2 Å². The molecule has 1 aliphatic heterocycles. The number of hydrogen-bond donors (Lipinski definition) is 1. The fourth-order valence-corrected chi connectivity index (χ4v) is 2.48. The van der Waals surface area contributed by atoms with Crippen molar-refractivity contribution in [1.82, 2.24) is 10.2 Å². The maximum absolute atomic E-state index is 3.67. The fourth-order valence-electron chi connectivity index (χ4n) is 2.48. The molecule has 1 aromatic rings. The Balaban J connectivity index is 1.94. The number of hydrogen-bond acceptors (Lipinski definition) is 2. The van der Waals surface area contributed by atoms with Crippen LogP contribution in [0.4, 0.5) is 0 Å². The Morgan fingerprint density at radius 1 is 1.31 bits per heavy atom. The monoisotopic (exact) mass is 218 g/mol. The van der Waals surface area contributed by atoms with Gasteiger partial charge in [-0.1, -0.05) is 18.2 Å². The van der Waals surface area contributed by atoms with E-state index in [-0.39, 0.29) is 0 Å². The molecular formula is C14H22N2. The van der Waals surface area contributed by atoms with Crippen LogP contribution in [0.5, 0.6) is 0 Å². The fraction of sp³-hybridized carbons (Fsp3) is 0.571. The van der Waals surface area contributed by atoms with Crippen LogP contribution in [-0.2, 0) is 6.54 Å². The quantitative estimate of drug-likeness (QED) is 0.836. The first-order valence-electron chi connectivity index (χ1n) is 6.14. The highest BCUT2D eigenvalue weighted by molar-refractivity contribution is 5.33. The number of rotatable bonds is 3. The van der Waals surface area contributed by atoms with Crippen molar-refractivity contribution >= 4 is 0 Å². The molecule has 2 rings (SSSR count). The lowest BCUT2D eigenvalue weighted by Gasteiger charge is -2.15. The molecule has 0 aromatic heterocycles. The largest absolute Gasteiger partial charge is 0.309 e. The lowest BCUT2D eigenvalue weighted by molar-refractivity contribution is 0.397. The lowest BCUT2D eigenvalue weighted by Crippen LogP contribution is -2.31. The van der Waals surface area contributed by atoms with Gasteiger partial charge in [0.2, 0.25) is 0 Å². The van der Waals surface area contributed by atoms with Crippen molar-refractivity contribution in [3.05, 3.63) is 34.9 Å². The summed E-state index contributed by atoms with van der Waals surface area (Å²) in [7, 11) is 2.20. The van der Waals surface area contributed by atoms with Crippen LogP contribution in [0.2, 0.25) is 0 Å². The third kappa shape index (κ3) is 2.63. The van der Waals surface area contributed by atoms with Crippen molar-refractivity contribution in [3.63, 3.8) is 0 Å². The van der Waals surface area contributed by atoms with Crippen molar-refractivity contribution in [1.29, 1.82) is 0 Å². The molecule has 1 aromatic carbocycles. The van der Waals surface area contributed by atoms with Gasteiger partial charge in [-0.2, -0.15) is 0 Å². The number of nitrogens with one attached hydrogen (secondary N) is 1. The van der Waals surface area contributed by atoms with Crippen LogP contribution >= 0.6 is 0 Å². The van der Waals surface area contributed by atoms with Crippen molar-refractivity contribution in [3.8, 4) is 0 Å². The number of likely N-dealkylation sites (tertiary alicyclic amines) is 1. The SMILES string of the molecule is Cc1cccc(C)c1CNC1CCN(C)C1. The maximum Gasteiger partial charge on any atom is 0.0213 e. The van der Waals surface area contributed by atoms with Crippen LogP contribution in [-0.4, -0.2) is 31.1 Å². The molecule has 1 aliphatic rings. The van der Waals surface area contributed by atoms with E-state index < -0.39 is 0 Å². The van der Waals surface area contributed by atoms with E-state index in [0.717, 1.165) is 6.54 Å². The van der Waals surface area contributed by atoms with Gasteiger partial charge in [0.15, 0.2) is 0 Å². The van der Waals surface area contributed by atoms with Gasteiger partial charge >= 0.3 is 0 Å². The normalized spacial score (nSPS) is 21.6. The van der Waals surface area contributed by atoms with E-state index in [9.17, 15) is 0 Å². The molecule has 0 aliphatic carbocycles. The summed E-state index contributed by atoms with van der Waals surface area (Å²) in [6.45, 7) is 7.82. The van der Waals surface area contributed by atoms with Crippen LogP contribution in [0.25, 0.3) is 0 Å². The molecule has 16 heavy (non-hydrogen) atoms. The number of benzene rings is 1. The molecule has 1 fully saturated rings.